The van der Waals surface area contributed by atoms with E-state index >= 15 is 0 Å². The number of hydrogen-bond donors (Lipinski definition) is 0. The number of ether oxygens (including phenoxy) is 1. The molecular weight excluding hydrogens is 308 g/mol. The molecule has 1 aliphatic carbocycles. The second-order valence-electron chi connectivity index (χ2n) is 5.85. The van der Waals surface area contributed by atoms with E-state index in [0.717, 1.165) is 0 Å². The molecule has 24 heavy (non-hydrogen) atoms. The Morgan fingerprint density at radius 2 is 1.62 bits per heavy atom. The summed E-state index contributed by atoms with van der Waals surface area (Å²) in [6, 6.07) is 6.91. The van der Waals surface area contributed by atoms with Gasteiger partial charge in [0.1, 0.15) is 0 Å². The predicted octanol–water partition coefficient (Wildman–Crippen LogP) is 2.11. The number of benzene rings is 1. The van der Waals surface area contributed by atoms with Crippen molar-refractivity contribution in [2.24, 2.45) is 0 Å². The first-order valence-corrected chi connectivity index (χ1v) is 8.10. The number of amides is 1. The fourth-order valence-electron chi connectivity index (χ4n) is 3.19. The highest BCUT2D eigenvalue weighted by Crippen LogP contribution is 2.28. The fraction of sp³-hybridized carbons (Fsp3) is 0.389. The maximum atomic E-state index is 12.8. The molecule has 1 fully saturated rings. The van der Waals surface area contributed by atoms with Crippen LogP contribution >= 0.6 is 0 Å². The summed E-state index contributed by atoms with van der Waals surface area (Å²) in [5.41, 5.74) is 1.86. The minimum Gasteiger partial charge on any atom is -0.450 e. The molecule has 1 saturated heterocycles. The topological polar surface area (TPSA) is 66.9 Å². The number of Topliss-reactive ketones (excluding diaryl/α,β-unsaturated/α-hetero) is 2. The van der Waals surface area contributed by atoms with Gasteiger partial charge in [0.25, 0.3) is 0 Å². The summed E-state index contributed by atoms with van der Waals surface area (Å²) in [5.74, 6) is -0.222. The van der Waals surface area contributed by atoms with E-state index in [4.69, 9.17) is 4.74 Å². The zero-order valence-electron chi connectivity index (χ0n) is 13.9. The molecule has 0 aromatic heterocycles. The molecule has 0 radical (unpaired) electrons. The minimum atomic E-state index is -0.334. The van der Waals surface area contributed by atoms with Crippen molar-refractivity contribution in [1.82, 2.24) is 9.80 Å². The highest BCUT2D eigenvalue weighted by Gasteiger charge is 2.34. The van der Waals surface area contributed by atoms with E-state index in [2.05, 4.69) is 0 Å². The standard InChI is InChI=1S/C18H20N2O4/c1-3-24-18(23)20-10-8-19(9-11-20)15-12(2)16(21)13-6-4-5-7-14(13)17(15)22/h4-7H,3,8-11H2,1-2H3. The van der Waals surface area contributed by atoms with Gasteiger partial charge in [-0.3, -0.25) is 9.59 Å². The van der Waals surface area contributed by atoms with Gasteiger partial charge in [-0.2, -0.15) is 0 Å². The molecule has 1 aromatic carbocycles. The molecular formula is C18H20N2O4. The third-order valence-electron chi connectivity index (χ3n) is 4.45. The van der Waals surface area contributed by atoms with Crippen LogP contribution in [-0.2, 0) is 4.74 Å². The lowest BCUT2D eigenvalue weighted by Crippen LogP contribution is -2.50. The average Bonchev–Trinajstić information content (AvgIpc) is 2.61. The number of fused-ring (bicyclic) bond motifs is 1. The molecule has 2 aliphatic rings. The lowest BCUT2D eigenvalue weighted by atomic mass is 9.87. The van der Waals surface area contributed by atoms with Crippen molar-refractivity contribution in [3.8, 4) is 0 Å². The van der Waals surface area contributed by atoms with Gasteiger partial charge in [-0.25, -0.2) is 4.79 Å². The van der Waals surface area contributed by atoms with E-state index in [1.165, 1.54) is 0 Å². The molecule has 1 heterocycles. The zero-order chi connectivity index (χ0) is 17.3. The molecule has 3 rings (SSSR count). The van der Waals surface area contributed by atoms with E-state index in [-0.39, 0.29) is 17.7 Å². The van der Waals surface area contributed by atoms with Crippen LogP contribution in [0, 0.1) is 0 Å². The van der Waals surface area contributed by atoms with E-state index in [1.54, 1.807) is 43.0 Å². The lowest BCUT2D eigenvalue weighted by molar-refractivity contribution is 0.0801. The number of hydrogen-bond acceptors (Lipinski definition) is 5. The van der Waals surface area contributed by atoms with E-state index in [1.807, 2.05) is 4.90 Å². The summed E-state index contributed by atoms with van der Waals surface area (Å²) in [7, 11) is 0. The first-order valence-electron chi connectivity index (χ1n) is 8.10. The Hall–Kier alpha value is -2.63. The maximum absolute atomic E-state index is 12.8. The third-order valence-corrected chi connectivity index (χ3v) is 4.45. The molecule has 1 aromatic rings. The average molecular weight is 328 g/mol. The van der Waals surface area contributed by atoms with Crippen molar-refractivity contribution in [1.29, 1.82) is 0 Å². The summed E-state index contributed by atoms with van der Waals surface area (Å²) >= 11 is 0. The van der Waals surface area contributed by atoms with Crippen LogP contribution in [0.4, 0.5) is 4.79 Å². The van der Waals surface area contributed by atoms with Crippen molar-refractivity contribution >= 4 is 17.7 Å². The summed E-state index contributed by atoms with van der Waals surface area (Å²) in [5, 5.41) is 0. The summed E-state index contributed by atoms with van der Waals surface area (Å²) < 4.78 is 5.00. The van der Waals surface area contributed by atoms with Gasteiger partial charge in [0.2, 0.25) is 5.78 Å². The van der Waals surface area contributed by atoms with Crippen molar-refractivity contribution in [2.75, 3.05) is 32.8 Å². The van der Waals surface area contributed by atoms with Gasteiger partial charge in [0.05, 0.1) is 12.3 Å². The summed E-state index contributed by atoms with van der Waals surface area (Å²) in [4.78, 5) is 40.7. The van der Waals surface area contributed by atoms with Crippen LogP contribution in [-0.4, -0.2) is 60.2 Å². The molecule has 1 aliphatic heterocycles. The van der Waals surface area contributed by atoms with Crippen molar-refractivity contribution < 1.29 is 19.1 Å². The van der Waals surface area contributed by atoms with Crippen LogP contribution in [0.5, 0.6) is 0 Å². The molecule has 126 valence electrons. The molecule has 0 spiro atoms. The van der Waals surface area contributed by atoms with Crippen molar-refractivity contribution in [3.63, 3.8) is 0 Å². The van der Waals surface area contributed by atoms with Crippen LogP contribution in [0.3, 0.4) is 0 Å². The smallest absolute Gasteiger partial charge is 0.409 e. The zero-order valence-corrected chi connectivity index (χ0v) is 13.9. The number of rotatable bonds is 2. The third kappa shape index (κ3) is 2.68. The highest BCUT2D eigenvalue weighted by molar-refractivity contribution is 6.26. The Kier molecular flexibility index (Phi) is 4.38. The molecule has 1 amide bonds. The summed E-state index contributed by atoms with van der Waals surface area (Å²) in [6.07, 6.45) is -0.334. The molecule has 0 saturated carbocycles. The van der Waals surface area contributed by atoms with Gasteiger partial charge in [-0.15, -0.1) is 0 Å². The van der Waals surface area contributed by atoms with Gasteiger partial charge in [0, 0.05) is 42.9 Å². The second-order valence-corrected chi connectivity index (χ2v) is 5.85. The predicted molar refractivity (Wildman–Crippen MR) is 88.0 cm³/mol. The number of carbonyl (C=O) groups excluding carboxylic acids is 3. The van der Waals surface area contributed by atoms with Crippen LogP contribution in [0.15, 0.2) is 35.5 Å². The monoisotopic (exact) mass is 328 g/mol. The molecule has 0 unspecified atom stereocenters. The van der Waals surface area contributed by atoms with Crippen molar-refractivity contribution in [2.45, 2.75) is 13.8 Å². The molecule has 0 atom stereocenters. The number of ketones is 2. The maximum Gasteiger partial charge on any atom is 0.409 e. The molecule has 0 bridgehead atoms. The Labute approximate surface area is 140 Å². The fourth-order valence-corrected chi connectivity index (χ4v) is 3.19. The van der Waals surface area contributed by atoms with Crippen LogP contribution in [0.2, 0.25) is 0 Å². The SMILES string of the molecule is CCOC(=O)N1CCN(C2=C(C)C(=O)c3ccccc3C2=O)CC1. The molecule has 0 N–H and O–H groups in total. The lowest BCUT2D eigenvalue weighted by Gasteiger charge is -2.37. The Bertz CT molecular complexity index is 730. The first-order chi connectivity index (χ1) is 11.5. The van der Waals surface area contributed by atoms with Gasteiger partial charge in [-0.1, -0.05) is 24.3 Å². The number of carbonyl (C=O) groups is 3. The Morgan fingerprint density at radius 3 is 2.21 bits per heavy atom. The quantitative estimate of drug-likeness (QED) is 0.832. The van der Waals surface area contributed by atoms with E-state index in [0.29, 0.717) is 55.2 Å². The largest absolute Gasteiger partial charge is 0.450 e. The number of piperazine rings is 1. The van der Waals surface area contributed by atoms with Gasteiger partial charge < -0.3 is 14.5 Å². The second kappa shape index (κ2) is 6.47. The molecule has 6 heteroatoms. The molecule has 6 nitrogen and oxygen atoms in total. The van der Waals surface area contributed by atoms with E-state index < -0.39 is 0 Å². The van der Waals surface area contributed by atoms with Crippen LogP contribution in [0.25, 0.3) is 0 Å². The van der Waals surface area contributed by atoms with Crippen molar-refractivity contribution in [3.05, 3.63) is 46.7 Å². The van der Waals surface area contributed by atoms with Gasteiger partial charge >= 0.3 is 6.09 Å². The van der Waals surface area contributed by atoms with Gasteiger partial charge in [0.15, 0.2) is 5.78 Å². The van der Waals surface area contributed by atoms with E-state index in [9.17, 15) is 14.4 Å². The summed E-state index contributed by atoms with van der Waals surface area (Å²) in [6.45, 7) is 5.76. The van der Waals surface area contributed by atoms with Crippen LogP contribution < -0.4 is 0 Å². The first kappa shape index (κ1) is 16.2. The normalized spacial score (nSPS) is 17.9. The Balaban J connectivity index is 1.81. The number of nitrogens with zero attached hydrogens (tertiary/aromatic N) is 2. The highest BCUT2D eigenvalue weighted by atomic mass is 16.6. The number of allylic oxidation sites excluding steroid dienone is 2. The minimum absolute atomic E-state index is 0.104. The Morgan fingerprint density at radius 1 is 1.04 bits per heavy atom. The van der Waals surface area contributed by atoms with Crippen LogP contribution in [0.1, 0.15) is 34.6 Å². The van der Waals surface area contributed by atoms with Gasteiger partial charge in [-0.05, 0) is 13.8 Å².